The van der Waals surface area contributed by atoms with Crippen molar-refractivity contribution in [2.45, 2.75) is 33.1 Å². The monoisotopic (exact) mass is 177 g/mol. The first-order valence-electron chi connectivity index (χ1n) is 4.76. The van der Waals surface area contributed by atoms with Gasteiger partial charge in [-0.25, -0.2) is 0 Å². The quantitative estimate of drug-likeness (QED) is 0.738. The summed E-state index contributed by atoms with van der Waals surface area (Å²) in [5.41, 5.74) is 9.94. The minimum absolute atomic E-state index is 0.0934. The molecule has 72 valence electrons. The van der Waals surface area contributed by atoms with E-state index in [0.717, 1.165) is 0 Å². The molecule has 2 N–H and O–H groups in total. The highest BCUT2D eigenvalue weighted by atomic mass is 14.6. The van der Waals surface area contributed by atoms with E-state index in [2.05, 4.69) is 45.9 Å². The Morgan fingerprint density at radius 3 is 2.38 bits per heavy atom. The lowest BCUT2D eigenvalue weighted by atomic mass is 9.81. The molecule has 0 saturated carbocycles. The minimum Gasteiger partial charge on any atom is -0.330 e. The summed E-state index contributed by atoms with van der Waals surface area (Å²) in [4.78, 5) is 0. The summed E-state index contributed by atoms with van der Waals surface area (Å²) in [6.45, 7) is 9.38. The van der Waals surface area contributed by atoms with E-state index in [4.69, 9.17) is 5.73 Å². The molecule has 0 spiro atoms. The number of hydrogen-bond acceptors (Lipinski definition) is 1. The van der Waals surface area contributed by atoms with Crippen LogP contribution in [0.15, 0.2) is 18.2 Å². The van der Waals surface area contributed by atoms with Crippen LogP contribution >= 0.6 is 0 Å². The van der Waals surface area contributed by atoms with Gasteiger partial charge in [0.25, 0.3) is 0 Å². The minimum atomic E-state index is 0.0934. The molecule has 0 aliphatic carbocycles. The number of hydrogen-bond donors (Lipinski definition) is 1. The van der Waals surface area contributed by atoms with Gasteiger partial charge in [-0.1, -0.05) is 32.0 Å². The van der Waals surface area contributed by atoms with E-state index >= 15 is 0 Å². The van der Waals surface area contributed by atoms with Gasteiger partial charge in [0.15, 0.2) is 0 Å². The Kier molecular flexibility index (Phi) is 2.77. The molecule has 0 heterocycles. The van der Waals surface area contributed by atoms with E-state index in [-0.39, 0.29) is 5.41 Å². The molecule has 0 aliphatic rings. The highest BCUT2D eigenvalue weighted by Gasteiger charge is 2.20. The fourth-order valence-corrected chi connectivity index (χ4v) is 1.59. The third kappa shape index (κ3) is 1.92. The number of rotatable bonds is 2. The van der Waals surface area contributed by atoms with Crippen LogP contribution in [0.25, 0.3) is 0 Å². The van der Waals surface area contributed by atoms with E-state index < -0.39 is 0 Å². The van der Waals surface area contributed by atoms with Gasteiger partial charge in [-0.3, -0.25) is 0 Å². The normalized spacial score (nSPS) is 11.8. The van der Waals surface area contributed by atoms with Gasteiger partial charge in [-0.15, -0.1) is 0 Å². The number of nitrogens with two attached hydrogens (primary N) is 1. The van der Waals surface area contributed by atoms with Gasteiger partial charge in [-0.05, 0) is 30.5 Å². The lowest BCUT2D eigenvalue weighted by molar-refractivity contribution is 0.535. The van der Waals surface area contributed by atoms with Crippen molar-refractivity contribution in [3.8, 4) is 0 Å². The zero-order valence-corrected chi connectivity index (χ0v) is 9.02. The third-order valence-electron chi connectivity index (χ3n) is 2.84. The van der Waals surface area contributed by atoms with Crippen LogP contribution in [0.4, 0.5) is 0 Å². The van der Waals surface area contributed by atoms with E-state index in [1.54, 1.807) is 0 Å². The molecule has 1 nitrogen and oxygen atoms in total. The Morgan fingerprint density at radius 2 is 1.85 bits per heavy atom. The van der Waals surface area contributed by atoms with Crippen molar-refractivity contribution in [2.75, 3.05) is 6.54 Å². The van der Waals surface area contributed by atoms with Gasteiger partial charge in [0.05, 0.1) is 0 Å². The third-order valence-corrected chi connectivity index (χ3v) is 2.84. The fourth-order valence-electron chi connectivity index (χ4n) is 1.59. The standard InChI is InChI=1S/C12H19N/c1-9-6-5-7-11(10(9)2)12(3,4)8-13/h5-7H,8,13H2,1-4H3. The maximum Gasteiger partial charge on any atom is 0.00217 e. The van der Waals surface area contributed by atoms with Gasteiger partial charge in [0.2, 0.25) is 0 Å². The molecule has 0 unspecified atom stereocenters. The Labute approximate surface area is 81.0 Å². The molecule has 1 heteroatoms. The summed E-state index contributed by atoms with van der Waals surface area (Å²) in [5.74, 6) is 0. The molecule has 1 aromatic carbocycles. The van der Waals surface area contributed by atoms with Gasteiger partial charge in [0, 0.05) is 12.0 Å². The van der Waals surface area contributed by atoms with Crippen molar-refractivity contribution in [1.82, 2.24) is 0 Å². The largest absolute Gasteiger partial charge is 0.330 e. The molecule has 0 aromatic heterocycles. The first kappa shape index (κ1) is 10.3. The van der Waals surface area contributed by atoms with Crippen LogP contribution in [-0.2, 0) is 5.41 Å². The summed E-state index contributed by atoms with van der Waals surface area (Å²) >= 11 is 0. The SMILES string of the molecule is Cc1cccc(C(C)(C)CN)c1C. The molecule has 0 amide bonds. The summed E-state index contributed by atoms with van der Waals surface area (Å²) in [5, 5.41) is 0. The Morgan fingerprint density at radius 1 is 1.23 bits per heavy atom. The summed E-state index contributed by atoms with van der Waals surface area (Å²) < 4.78 is 0. The molecular formula is C12H19N. The maximum atomic E-state index is 5.76. The molecule has 1 aromatic rings. The molecule has 0 radical (unpaired) electrons. The Bertz CT molecular complexity index is 300. The molecule has 13 heavy (non-hydrogen) atoms. The van der Waals surface area contributed by atoms with Gasteiger partial charge >= 0.3 is 0 Å². The zero-order valence-electron chi connectivity index (χ0n) is 9.02. The summed E-state index contributed by atoms with van der Waals surface area (Å²) in [6.07, 6.45) is 0. The molecule has 0 saturated heterocycles. The van der Waals surface area contributed by atoms with Crippen LogP contribution in [0.1, 0.15) is 30.5 Å². The molecule has 0 atom stereocenters. The second kappa shape index (κ2) is 3.51. The molecule has 0 aliphatic heterocycles. The van der Waals surface area contributed by atoms with Crippen molar-refractivity contribution in [3.63, 3.8) is 0 Å². The van der Waals surface area contributed by atoms with Crippen LogP contribution in [0, 0.1) is 13.8 Å². The van der Waals surface area contributed by atoms with Crippen molar-refractivity contribution >= 4 is 0 Å². The first-order valence-corrected chi connectivity index (χ1v) is 4.76. The van der Waals surface area contributed by atoms with Crippen molar-refractivity contribution in [1.29, 1.82) is 0 Å². The van der Waals surface area contributed by atoms with E-state index in [0.29, 0.717) is 6.54 Å². The first-order chi connectivity index (χ1) is 5.99. The van der Waals surface area contributed by atoms with Crippen LogP contribution in [0.2, 0.25) is 0 Å². The smallest absolute Gasteiger partial charge is 0.00217 e. The Balaban J connectivity index is 3.22. The van der Waals surface area contributed by atoms with Gasteiger partial charge in [0.1, 0.15) is 0 Å². The average molecular weight is 177 g/mol. The molecular weight excluding hydrogens is 158 g/mol. The fraction of sp³-hybridized carbons (Fsp3) is 0.500. The lowest BCUT2D eigenvalue weighted by Gasteiger charge is -2.25. The van der Waals surface area contributed by atoms with E-state index in [1.807, 2.05) is 0 Å². The zero-order chi connectivity index (χ0) is 10.1. The lowest BCUT2D eigenvalue weighted by Crippen LogP contribution is -2.29. The van der Waals surface area contributed by atoms with Gasteiger partial charge < -0.3 is 5.73 Å². The number of benzene rings is 1. The van der Waals surface area contributed by atoms with Crippen molar-refractivity contribution in [3.05, 3.63) is 34.9 Å². The van der Waals surface area contributed by atoms with Crippen LogP contribution in [-0.4, -0.2) is 6.54 Å². The molecule has 1 rings (SSSR count). The van der Waals surface area contributed by atoms with Gasteiger partial charge in [-0.2, -0.15) is 0 Å². The second-order valence-electron chi connectivity index (χ2n) is 4.34. The topological polar surface area (TPSA) is 26.0 Å². The molecule has 0 bridgehead atoms. The van der Waals surface area contributed by atoms with E-state index in [1.165, 1.54) is 16.7 Å². The van der Waals surface area contributed by atoms with Crippen LogP contribution in [0.5, 0.6) is 0 Å². The molecule has 0 fully saturated rings. The van der Waals surface area contributed by atoms with E-state index in [9.17, 15) is 0 Å². The Hall–Kier alpha value is -0.820. The second-order valence-corrected chi connectivity index (χ2v) is 4.34. The summed E-state index contributed by atoms with van der Waals surface area (Å²) in [6, 6.07) is 6.43. The highest BCUT2D eigenvalue weighted by molar-refractivity contribution is 5.38. The van der Waals surface area contributed by atoms with Crippen LogP contribution in [0.3, 0.4) is 0 Å². The average Bonchev–Trinajstić information content (AvgIpc) is 2.09. The summed E-state index contributed by atoms with van der Waals surface area (Å²) in [7, 11) is 0. The maximum absolute atomic E-state index is 5.76. The highest BCUT2D eigenvalue weighted by Crippen LogP contribution is 2.26. The number of aryl methyl sites for hydroxylation is 1. The predicted molar refractivity (Wildman–Crippen MR) is 58.0 cm³/mol. The van der Waals surface area contributed by atoms with Crippen molar-refractivity contribution in [2.24, 2.45) is 5.73 Å². The van der Waals surface area contributed by atoms with Crippen LogP contribution < -0.4 is 5.73 Å². The predicted octanol–water partition coefficient (Wildman–Crippen LogP) is 2.54. The van der Waals surface area contributed by atoms with Crippen molar-refractivity contribution < 1.29 is 0 Å².